The van der Waals surface area contributed by atoms with E-state index >= 15 is 0 Å². The summed E-state index contributed by atoms with van der Waals surface area (Å²) in [5.74, 6) is 0. The van der Waals surface area contributed by atoms with Crippen LogP contribution in [0.3, 0.4) is 0 Å². The molecule has 1 aliphatic rings. The standard InChI is InChI=1S/C15H23BrN2/c1-12(14-8-3-4-9-15(14)16)17-11-13-7-5-6-10-18(13)2/h3-4,8-9,12-13,17H,5-7,10-11H2,1-2H3/t12-,13?/m0/s1. The second kappa shape index (κ2) is 6.69. The minimum absolute atomic E-state index is 0.399. The Labute approximate surface area is 119 Å². The van der Waals surface area contributed by atoms with E-state index in [4.69, 9.17) is 0 Å². The van der Waals surface area contributed by atoms with Gasteiger partial charge in [0.15, 0.2) is 0 Å². The second-order valence-electron chi connectivity index (χ2n) is 5.28. The van der Waals surface area contributed by atoms with Gasteiger partial charge < -0.3 is 10.2 Å². The molecule has 3 heteroatoms. The predicted octanol–water partition coefficient (Wildman–Crippen LogP) is 3.58. The van der Waals surface area contributed by atoms with Crippen LogP contribution in [0, 0.1) is 0 Å². The highest BCUT2D eigenvalue weighted by atomic mass is 79.9. The third kappa shape index (κ3) is 3.56. The van der Waals surface area contributed by atoms with Crippen LogP contribution in [-0.2, 0) is 0 Å². The summed E-state index contributed by atoms with van der Waals surface area (Å²) in [6, 6.07) is 9.56. The maximum atomic E-state index is 3.67. The third-order valence-electron chi connectivity index (χ3n) is 3.95. The molecule has 0 radical (unpaired) electrons. The Morgan fingerprint density at radius 1 is 1.39 bits per heavy atom. The summed E-state index contributed by atoms with van der Waals surface area (Å²) < 4.78 is 1.20. The topological polar surface area (TPSA) is 15.3 Å². The van der Waals surface area contributed by atoms with Gasteiger partial charge in [-0.3, -0.25) is 0 Å². The SMILES string of the molecule is C[C@H](NCC1CCCCN1C)c1ccccc1Br. The normalized spacial score (nSPS) is 22.9. The number of likely N-dealkylation sites (N-methyl/N-ethyl adjacent to an activating group) is 1. The van der Waals surface area contributed by atoms with Gasteiger partial charge in [-0.2, -0.15) is 0 Å². The molecule has 100 valence electrons. The number of nitrogens with one attached hydrogen (secondary N) is 1. The lowest BCUT2D eigenvalue weighted by molar-refractivity contribution is 0.178. The Morgan fingerprint density at radius 2 is 2.17 bits per heavy atom. The number of rotatable bonds is 4. The number of nitrogens with zero attached hydrogens (tertiary/aromatic N) is 1. The van der Waals surface area contributed by atoms with E-state index in [-0.39, 0.29) is 0 Å². The van der Waals surface area contributed by atoms with Crippen LogP contribution < -0.4 is 5.32 Å². The molecule has 1 unspecified atom stereocenters. The number of halogens is 1. The molecule has 1 N–H and O–H groups in total. The monoisotopic (exact) mass is 310 g/mol. The molecular weight excluding hydrogens is 288 g/mol. The first kappa shape index (κ1) is 14.0. The van der Waals surface area contributed by atoms with E-state index < -0.39 is 0 Å². The van der Waals surface area contributed by atoms with E-state index in [1.165, 1.54) is 35.8 Å². The summed E-state index contributed by atoms with van der Waals surface area (Å²) in [5, 5.41) is 3.67. The smallest absolute Gasteiger partial charge is 0.0303 e. The fourth-order valence-electron chi connectivity index (χ4n) is 2.65. The van der Waals surface area contributed by atoms with Crippen molar-refractivity contribution in [2.45, 2.75) is 38.3 Å². The average molecular weight is 311 g/mol. The van der Waals surface area contributed by atoms with Crippen molar-refractivity contribution in [3.63, 3.8) is 0 Å². The highest BCUT2D eigenvalue weighted by Crippen LogP contribution is 2.23. The first-order valence-electron chi connectivity index (χ1n) is 6.86. The number of benzene rings is 1. The highest BCUT2D eigenvalue weighted by molar-refractivity contribution is 9.10. The molecule has 1 fully saturated rings. The van der Waals surface area contributed by atoms with Crippen molar-refractivity contribution in [1.29, 1.82) is 0 Å². The lowest BCUT2D eigenvalue weighted by atomic mass is 10.0. The van der Waals surface area contributed by atoms with Crippen LogP contribution in [0.1, 0.15) is 37.8 Å². The van der Waals surface area contributed by atoms with Crippen LogP contribution in [0.2, 0.25) is 0 Å². The van der Waals surface area contributed by atoms with E-state index in [0.717, 1.165) is 6.54 Å². The molecule has 0 bridgehead atoms. The fraction of sp³-hybridized carbons (Fsp3) is 0.600. The van der Waals surface area contributed by atoms with Crippen LogP contribution >= 0.6 is 15.9 Å². The van der Waals surface area contributed by atoms with Gasteiger partial charge in [-0.1, -0.05) is 40.5 Å². The molecular formula is C15H23BrN2. The first-order valence-corrected chi connectivity index (χ1v) is 7.66. The average Bonchev–Trinajstić information content (AvgIpc) is 2.38. The van der Waals surface area contributed by atoms with Crippen molar-refractivity contribution >= 4 is 15.9 Å². The van der Waals surface area contributed by atoms with Gasteiger partial charge in [-0.05, 0) is 45.0 Å². The second-order valence-corrected chi connectivity index (χ2v) is 6.14. The Balaban J connectivity index is 1.88. The summed E-state index contributed by atoms with van der Waals surface area (Å²) in [7, 11) is 2.24. The van der Waals surface area contributed by atoms with Crippen LogP contribution in [0.4, 0.5) is 0 Å². The molecule has 1 heterocycles. The zero-order valence-electron chi connectivity index (χ0n) is 11.3. The fourth-order valence-corrected chi connectivity index (χ4v) is 3.28. The summed E-state index contributed by atoms with van der Waals surface area (Å²) in [4.78, 5) is 2.49. The molecule has 0 amide bonds. The molecule has 2 atom stereocenters. The molecule has 0 saturated carbocycles. The molecule has 2 rings (SSSR count). The minimum Gasteiger partial charge on any atom is -0.309 e. The van der Waals surface area contributed by atoms with Crippen molar-refractivity contribution in [2.24, 2.45) is 0 Å². The quantitative estimate of drug-likeness (QED) is 0.914. The Hall–Kier alpha value is -0.380. The van der Waals surface area contributed by atoms with Gasteiger partial charge in [-0.15, -0.1) is 0 Å². The molecule has 1 aromatic carbocycles. The van der Waals surface area contributed by atoms with Gasteiger partial charge in [0.2, 0.25) is 0 Å². The molecule has 0 spiro atoms. The zero-order chi connectivity index (χ0) is 13.0. The maximum absolute atomic E-state index is 3.67. The minimum atomic E-state index is 0.399. The molecule has 2 nitrogen and oxygen atoms in total. The summed E-state index contributed by atoms with van der Waals surface area (Å²) in [5.41, 5.74) is 1.34. The van der Waals surface area contributed by atoms with E-state index in [1.807, 2.05) is 0 Å². The number of hydrogen-bond acceptors (Lipinski definition) is 2. The van der Waals surface area contributed by atoms with Crippen molar-refractivity contribution in [1.82, 2.24) is 10.2 Å². The predicted molar refractivity (Wildman–Crippen MR) is 80.8 cm³/mol. The molecule has 0 aliphatic carbocycles. The summed E-state index contributed by atoms with van der Waals surface area (Å²) in [6.07, 6.45) is 4.05. The lowest BCUT2D eigenvalue weighted by Gasteiger charge is -2.33. The molecule has 1 saturated heterocycles. The molecule has 1 aliphatic heterocycles. The van der Waals surface area contributed by atoms with Crippen LogP contribution in [0.15, 0.2) is 28.7 Å². The zero-order valence-corrected chi connectivity index (χ0v) is 12.9. The van der Waals surface area contributed by atoms with Gasteiger partial charge in [-0.25, -0.2) is 0 Å². The largest absolute Gasteiger partial charge is 0.309 e. The van der Waals surface area contributed by atoms with E-state index in [2.05, 4.69) is 64.4 Å². The van der Waals surface area contributed by atoms with E-state index in [9.17, 15) is 0 Å². The Kier molecular flexibility index (Phi) is 5.22. The van der Waals surface area contributed by atoms with Crippen LogP contribution in [0.25, 0.3) is 0 Å². The van der Waals surface area contributed by atoms with E-state index in [1.54, 1.807) is 0 Å². The van der Waals surface area contributed by atoms with Gasteiger partial charge in [0.05, 0.1) is 0 Å². The lowest BCUT2D eigenvalue weighted by Crippen LogP contribution is -2.43. The van der Waals surface area contributed by atoms with Gasteiger partial charge in [0.1, 0.15) is 0 Å². The van der Waals surface area contributed by atoms with Crippen molar-refractivity contribution in [3.8, 4) is 0 Å². The van der Waals surface area contributed by atoms with Gasteiger partial charge in [0, 0.05) is 23.1 Å². The first-order chi connectivity index (χ1) is 8.68. The van der Waals surface area contributed by atoms with Gasteiger partial charge >= 0.3 is 0 Å². The van der Waals surface area contributed by atoms with Crippen LogP contribution in [-0.4, -0.2) is 31.1 Å². The summed E-state index contributed by atoms with van der Waals surface area (Å²) >= 11 is 3.62. The van der Waals surface area contributed by atoms with Gasteiger partial charge in [0.25, 0.3) is 0 Å². The number of piperidine rings is 1. The Morgan fingerprint density at radius 3 is 2.89 bits per heavy atom. The highest BCUT2D eigenvalue weighted by Gasteiger charge is 2.19. The number of likely N-dealkylation sites (tertiary alicyclic amines) is 1. The van der Waals surface area contributed by atoms with Crippen LogP contribution in [0.5, 0.6) is 0 Å². The number of hydrogen-bond donors (Lipinski definition) is 1. The van der Waals surface area contributed by atoms with E-state index in [0.29, 0.717) is 12.1 Å². The molecule has 18 heavy (non-hydrogen) atoms. The van der Waals surface area contributed by atoms with Crippen molar-refractivity contribution in [3.05, 3.63) is 34.3 Å². The Bertz CT molecular complexity index is 381. The third-order valence-corrected chi connectivity index (χ3v) is 4.68. The van der Waals surface area contributed by atoms with Crippen molar-refractivity contribution < 1.29 is 0 Å². The van der Waals surface area contributed by atoms with Crippen molar-refractivity contribution in [2.75, 3.05) is 20.1 Å². The molecule has 1 aromatic rings. The summed E-state index contributed by atoms with van der Waals surface area (Å²) in [6.45, 7) is 4.57. The molecule has 0 aromatic heterocycles. The maximum Gasteiger partial charge on any atom is 0.0303 e.